The van der Waals surface area contributed by atoms with Gasteiger partial charge in [0, 0.05) is 6.42 Å². The normalized spacial score (nSPS) is 12.9. The summed E-state index contributed by atoms with van der Waals surface area (Å²) in [5.41, 5.74) is 0. The molecule has 0 heterocycles. The smallest absolute Gasteiger partial charge is 0.220 e. The van der Waals surface area contributed by atoms with E-state index in [0.717, 1.165) is 25.7 Å². The molecular formula is C58H113NO3. The largest absolute Gasteiger partial charge is 0.394 e. The van der Waals surface area contributed by atoms with Crippen molar-refractivity contribution in [3.05, 3.63) is 24.3 Å². The average Bonchev–Trinajstić information content (AvgIpc) is 3.28. The molecule has 0 saturated carbocycles. The molecule has 3 N–H and O–H groups in total. The summed E-state index contributed by atoms with van der Waals surface area (Å²) in [4.78, 5) is 12.4. The van der Waals surface area contributed by atoms with Crippen molar-refractivity contribution in [1.82, 2.24) is 5.32 Å². The third kappa shape index (κ3) is 49.9. The first-order valence-corrected chi connectivity index (χ1v) is 28.6. The summed E-state index contributed by atoms with van der Waals surface area (Å²) >= 11 is 0. The lowest BCUT2D eigenvalue weighted by atomic mass is 10.0. The van der Waals surface area contributed by atoms with Gasteiger partial charge in [0.25, 0.3) is 0 Å². The predicted octanol–water partition coefficient (Wildman–Crippen LogP) is 18.7. The molecule has 0 aliphatic heterocycles. The molecule has 1 amide bonds. The molecule has 4 heteroatoms. The summed E-state index contributed by atoms with van der Waals surface area (Å²) in [5.74, 6) is -0.0594. The number of hydrogen-bond acceptors (Lipinski definition) is 3. The Morgan fingerprint density at radius 3 is 0.887 bits per heavy atom. The minimum Gasteiger partial charge on any atom is -0.394 e. The Kier molecular flexibility index (Phi) is 53.2. The Morgan fingerprint density at radius 1 is 0.371 bits per heavy atom. The SMILES string of the molecule is CCCCCCCCCCCCC/C=C/C(O)C(CO)NC(=O)CCCCCCCCCCCCCCCCCCC/C=C\CCCCCCCCCCCCCCCCCC. The van der Waals surface area contributed by atoms with Crippen molar-refractivity contribution in [2.24, 2.45) is 0 Å². The summed E-state index contributed by atoms with van der Waals surface area (Å²) in [6, 6.07) is -0.619. The van der Waals surface area contributed by atoms with Crippen LogP contribution in [0.2, 0.25) is 0 Å². The van der Waals surface area contributed by atoms with Crippen LogP contribution < -0.4 is 5.32 Å². The van der Waals surface area contributed by atoms with E-state index in [1.54, 1.807) is 6.08 Å². The lowest BCUT2D eigenvalue weighted by Gasteiger charge is -2.20. The number of rotatable bonds is 53. The number of aliphatic hydroxyl groups excluding tert-OH is 2. The Labute approximate surface area is 389 Å². The van der Waals surface area contributed by atoms with Crippen LogP contribution in [0.3, 0.4) is 0 Å². The summed E-state index contributed by atoms with van der Waals surface area (Å²) in [6.45, 7) is 4.33. The molecule has 62 heavy (non-hydrogen) atoms. The van der Waals surface area contributed by atoms with Crippen molar-refractivity contribution in [2.75, 3.05) is 6.61 Å². The van der Waals surface area contributed by atoms with Crippen LogP contribution in [0.5, 0.6) is 0 Å². The van der Waals surface area contributed by atoms with E-state index >= 15 is 0 Å². The molecule has 4 nitrogen and oxygen atoms in total. The number of aliphatic hydroxyl groups is 2. The molecule has 0 aliphatic rings. The van der Waals surface area contributed by atoms with E-state index in [-0.39, 0.29) is 12.5 Å². The highest BCUT2D eigenvalue weighted by Crippen LogP contribution is 2.17. The van der Waals surface area contributed by atoms with Crippen LogP contribution in [0, 0.1) is 0 Å². The average molecular weight is 873 g/mol. The summed E-state index contributed by atoms with van der Waals surface area (Å²) < 4.78 is 0. The van der Waals surface area contributed by atoms with E-state index in [1.807, 2.05) is 6.08 Å². The van der Waals surface area contributed by atoms with E-state index in [0.29, 0.717) is 6.42 Å². The van der Waals surface area contributed by atoms with Gasteiger partial charge in [0.1, 0.15) is 0 Å². The van der Waals surface area contributed by atoms with Crippen molar-refractivity contribution < 1.29 is 15.0 Å². The molecular weight excluding hydrogens is 759 g/mol. The van der Waals surface area contributed by atoms with Gasteiger partial charge in [-0.05, 0) is 44.9 Å². The lowest BCUT2D eigenvalue weighted by Crippen LogP contribution is -2.45. The topological polar surface area (TPSA) is 69.6 Å². The fourth-order valence-corrected chi connectivity index (χ4v) is 9.06. The van der Waals surface area contributed by atoms with Gasteiger partial charge in [-0.15, -0.1) is 0 Å². The van der Waals surface area contributed by atoms with Crippen molar-refractivity contribution in [1.29, 1.82) is 0 Å². The molecule has 0 saturated heterocycles. The zero-order chi connectivity index (χ0) is 44.9. The van der Waals surface area contributed by atoms with Crippen LogP contribution in [-0.2, 0) is 4.79 Å². The summed E-state index contributed by atoms with van der Waals surface area (Å²) in [6.07, 6.45) is 72.2. The zero-order valence-corrected chi connectivity index (χ0v) is 42.4. The van der Waals surface area contributed by atoms with Gasteiger partial charge in [0.05, 0.1) is 18.8 Å². The van der Waals surface area contributed by atoms with Crippen LogP contribution in [0.4, 0.5) is 0 Å². The molecule has 0 fully saturated rings. The quantitative estimate of drug-likeness (QED) is 0.0421. The first kappa shape index (κ1) is 60.9. The number of amides is 1. The first-order valence-electron chi connectivity index (χ1n) is 28.6. The summed E-state index contributed by atoms with van der Waals surface area (Å²) in [5, 5.41) is 23.1. The Balaban J connectivity index is 3.38. The number of allylic oxidation sites excluding steroid dienone is 3. The fraction of sp³-hybridized carbons (Fsp3) is 0.914. The maximum absolute atomic E-state index is 12.4. The van der Waals surface area contributed by atoms with Crippen molar-refractivity contribution in [3.63, 3.8) is 0 Å². The number of hydrogen-bond donors (Lipinski definition) is 3. The fourth-order valence-electron chi connectivity index (χ4n) is 9.06. The molecule has 2 atom stereocenters. The molecule has 0 aromatic heterocycles. The van der Waals surface area contributed by atoms with Gasteiger partial charge in [0.15, 0.2) is 0 Å². The molecule has 0 spiro atoms. The van der Waals surface area contributed by atoms with Gasteiger partial charge in [-0.1, -0.05) is 295 Å². The van der Waals surface area contributed by atoms with Gasteiger partial charge < -0.3 is 15.5 Å². The van der Waals surface area contributed by atoms with Gasteiger partial charge in [-0.2, -0.15) is 0 Å². The Morgan fingerprint density at radius 2 is 0.613 bits per heavy atom. The Hall–Kier alpha value is -1.13. The third-order valence-electron chi connectivity index (χ3n) is 13.4. The molecule has 368 valence electrons. The highest BCUT2D eigenvalue weighted by molar-refractivity contribution is 5.76. The molecule has 2 unspecified atom stereocenters. The maximum atomic E-state index is 12.4. The molecule has 0 bridgehead atoms. The van der Waals surface area contributed by atoms with Gasteiger partial charge in [-0.25, -0.2) is 0 Å². The zero-order valence-electron chi connectivity index (χ0n) is 42.4. The molecule has 0 radical (unpaired) electrons. The molecule has 0 aliphatic carbocycles. The van der Waals surface area contributed by atoms with Crippen molar-refractivity contribution in [2.45, 2.75) is 334 Å². The molecule has 0 rings (SSSR count). The molecule has 0 aromatic rings. The second kappa shape index (κ2) is 54.2. The van der Waals surface area contributed by atoms with Crippen molar-refractivity contribution >= 4 is 5.91 Å². The van der Waals surface area contributed by atoms with Gasteiger partial charge >= 0.3 is 0 Å². The Bertz CT molecular complexity index is 901. The van der Waals surface area contributed by atoms with Gasteiger partial charge in [-0.3, -0.25) is 4.79 Å². The van der Waals surface area contributed by atoms with E-state index in [4.69, 9.17) is 0 Å². The van der Waals surface area contributed by atoms with Crippen LogP contribution in [0.1, 0.15) is 322 Å². The van der Waals surface area contributed by atoms with E-state index < -0.39 is 12.1 Å². The number of unbranched alkanes of at least 4 members (excludes halogenated alkanes) is 44. The number of carbonyl (C=O) groups is 1. The third-order valence-corrected chi connectivity index (χ3v) is 13.4. The van der Waals surface area contributed by atoms with Crippen LogP contribution in [0.15, 0.2) is 24.3 Å². The second-order valence-electron chi connectivity index (χ2n) is 19.7. The highest BCUT2D eigenvalue weighted by Gasteiger charge is 2.18. The minimum atomic E-state index is -0.836. The van der Waals surface area contributed by atoms with E-state index in [9.17, 15) is 15.0 Å². The predicted molar refractivity (Wildman–Crippen MR) is 276 cm³/mol. The number of nitrogens with one attached hydrogen (secondary N) is 1. The van der Waals surface area contributed by atoms with E-state index in [2.05, 4.69) is 31.3 Å². The van der Waals surface area contributed by atoms with Crippen LogP contribution >= 0.6 is 0 Å². The second-order valence-corrected chi connectivity index (χ2v) is 19.7. The standard InChI is InChI=1S/C58H113NO3/c1-3-5-7-9-11-13-15-17-18-19-20-21-22-23-24-25-26-27-28-29-30-31-32-33-34-35-36-37-38-39-40-42-44-46-48-50-52-54-58(62)59-56(55-60)57(61)53-51-49-47-45-43-41-16-14-12-10-8-6-4-2/h27-28,51,53,56-57,60-61H,3-26,29-50,52,54-55H2,1-2H3,(H,59,62)/b28-27-,53-51+. The monoisotopic (exact) mass is 872 g/mol. The minimum absolute atomic E-state index is 0.0594. The summed E-state index contributed by atoms with van der Waals surface area (Å²) in [7, 11) is 0. The van der Waals surface area contributed by atoms with Crippen LogP contribution in [-0.4, -0.2) is 34.9 Å². The van der Waals surface area contributed by atoms with Gasteiger partial charge in [0.2, 0.25) is 5.91 Å². The first-order chi connectivity index (χ1) is 30.7. The maximum Gasteiger partial charge on any atom is 0.220 e. The highest BCUT2D eigenvalue weighted by atomic mass is 16.3. The van der Waals surface area contributed by atoms with Crippen LogP contribution in [0.25, 0.3) is 0 Å². The number of carbonyl (C=O) groups excluding carboxylic acids is 1. The van der Waals surface area contributed by atoms with Crippen molar-refractivity contribution in [3.8, 4) is 0 Å². The molecule has 0 aromatic carbocycles. The lowest BCUT2D eigenvalue weighted by molar-refractivity contribution is -0.123. The van der Waals surface area contributed by atoms with E-state index in [1.165, 1.54) is 276 Å².